The number of H-pyrrole nitrogens is 1. The molecule has 0 aliphatic heterocycles. The van der Waals surface area contributed by atoms with Crippen LogP contribution in [0.25, 0.3) is 10.9 Å². The van der Waals surface area contributed by atoms with Gasteiger partial charge in [0.1, 0.15) is 28.6 Å². The SMILES string of the molecule is COc1cc(OC)c2[nH]c(C(=O)OCC(=O)c3c(N)n(Cc4ccccc4)c(=O)n(C)c3=O)cc2c1. The molecule has 3 N–H and O–H groups in total. The van der Waals surface area contributed by atoms with Crippen molar-refractivity contribution in [3.05, 3.63) is 86.2 Å². The number of aromatic amines is 1. The first-order valence-corrected chi connectivity index (χ1v) is 10.8. The van der Waals surface area contributed by atoms with Crippen LogP contribution < -0.4 is 26.5 Å². The first kappa shape index (κ1) is 24.3. The van der Waals surface area contributed by atoms with E-state index in [1.54, 1.807) is 36.4 Å². The number of ketones is 1. The molecule has 186 valence electrons. The first-order valence-electron chi connectivity index (χ1n) is 10.8. The molecule has 2 aromatic carbocycles. The van der Waals surface area contributed by atoms with Gasteiger partial charge in [-0.1, -0.05) is 30.3 Å². The number of nitrogens with zero attached hydrogens (tertiary/aromatic N) is 2. The Balaban J connectivity index is 1.59. The summed E-state index contributed by atoms with van der Waals surface area (Å²) in [6.45, 7) is -0.697. The van der Waals surface area contributed by atoms with E-state index >= 15 is 0 Å². The van der Waals surface area contributed by atoms with Crippen LogP contribution in [0.2, 0.25) is 0 Å². The number of fused-ring (bicyclic) bond motifs is 1. The van der Waals surface area contributed by atoms with Gasteiger partial charge in [0.15, 0.2) is 6.61 Å². The predicted octanol–water partition coefficient (Wildman–Crippen LogP) is 1.72. The van der Waals surface area contributed by atoms with Crippen molar-refractivity contribution in [3.8, 4) is 11.5 Å². The van der Waals surface area contributed by atoms with Crippen molar-refractivity contribution in [1.29, 1.82) is 0 Å². The summed E-state index contributed by atoms with van der Waals surface area (Å²) in [4.78, 5) is 53.8. The average Bonchev–Trinajstić information content (AvgIpc) is 3.33. The molecule has 36 heavy (non-hydrogen) atoms. The predicted molar refractivity (Wildman–Crippen MR) is 132 cm³/mol. The summed E-state index contributed by atoms with van der Waals surface area (Å²) in [7, 11) is 4.24. The molecule has 2 aromatic heterocycles. The lowest BCUT2D eigenvalue weighted by Crippen LogP contribution is -2.43. The maximum Gasteiger partial charge on any atom is 0.355 e. The van der Waals surface area contributed by atoms with Crippen molar-refractivity contribution in [2.24, 2.45) is 7.05 Å². The van der Waals surface area contributed by atoms with Gasteiger partial charge in [-0.3, -0.25) is 18.7 Å². The third kappa shape index (κ3) is 4.45. The number of nitrogens with two attached hydrogens (primary N) is 1. The summed E-state index contributed by atoms with van der Waals surface area (Å²) < 4.78 is 17.6. The second-order valence-electron chi connectivity index (χ2n) is 7.95. The molecule has 0 bridgehead atoms. The lowest BCUT2D eigenvalue weighted by atomic mass is 10.2. The van der Waals surface area contributed by atoms with Gasteiger partial charge in [-0.05, 0) is 17.7 Å². The molecule has 0 fully saturated rings. The highest BCUT2D eigenvalue weighted by Crippen LogP contribution is 2.31. The van der Waals surface area contributed by atoms with Crippen molar-refractivity contribution in [1.82, 2.24) is 14.1 Å². The molecular weight excluding hydrogens is 468 g/mol. The summed E-state index contributed by atoms with van der Waals surface area (Å²) in [5, 5.41) is 0.635. The van der Waals surface area contributed by atoms with Crippen LogP contribution >= 0.6 is 0 Å². The third-order valence-electron chi connectivity index (χ3n) is 5.72. The summed E-state index contributed by atoms with van der Waals surface area (Å²) in [5.41, 5.74) is 5.48. The standard InChI is InChI=1S/C25H24N4O7/c1-28-23(31)20(22(26)29(25(28)33)12-14-7-5-4-6-8-14)18(30)13-36-24(32)17-10-15-9-16(34-2)11-19(35-3)21(15)27-17/h4-11,27H,12-13,26H2,1-3H3. The molecule has 0 radical (unpaired) electrons. The van der Waals surface area contributed by atoms with E-state index in [-0.39, 0.29) is 18.1 Å². The quantitative estimate of drug-likeness (QED) is 0.279. The number of anilines is 1. The van der Waals surface area contributed by atoms with E-state index in [0.717, 1.165) is 14.7 Å². The van der Waals surface area contributed by atoms with E-state index in [1.165, 1.54) is 27.3 Å². The van der Waals surface area contributed by atoms with E-state index in [0.29, 0.717) is 22.4 Å². The van der Waals surface area contributed by atoms with Gasteiger partial charge >= 0.3 is 11.7 Å². The number of carbonyl (C=O) groups is 2. The lowest BCUT2D eigenvalue weighted by molar-refractivity contribution is 0.0469. The Morgan fingerprint density at radius 2 is 1.75 bits per heavy atom. The van der Waals surface area contributed by atoms with Gasteiger partial charge in [0, 0.05) is 18.5 Å². The molecule has 11 heteroatoms. The molecule has 0 spiro atoms. The number of esters is 1. The topological polar surface area (TPSA) is 148 Å². The zero-order chi connectivity index (χ0) is 26.0. The van der Waals surface area contributed by atoms with Crippen LogP contribution in [-0.4, -0.2) is 46.7 Å². The Morgan fingerprint density at radius 1 is 1.03 bits per heavy atom. The average molecular weight is 492 g/mol. The number of nitrogens with one attached hydrogen (secondary N) is 1. The molecule has 0 aliphatic carbocycles. The Labute approximate surface area is 204 Å². The van der Waals surface area contributed by atoms with Crippen LogP contribution in [0, 0.1) is 0 Å². The maximum absolute atomic E-state index is 12.9. The number of hydrogen-bond acceptors (Lipinski definition) is 8. The molecule has 0 unspecified atom stereocenters. The highest BCUT2D eigenvalue weighted by Gasteiger charge is 2.23. The van der Waals surface area contributed by atoms with Crippen molar-refractivity contribution >= 4 is 28.5 Å². The first-order chi connectivity index (χ1) is 17.2. The van der Waals surface area contributed by atoms with E-state index in [2.05, 4.69) is 4.98 Å². The maximum atomic E-state index is 12.9. The second kappa shape index (κ2) is 9.82. The minimum absolute atomic E-state index is 0.0556. The molecule has 0 saturated heterocycles. The zero-order valence-electron chi connectivity index (χ0n) is 19.9. The summed E-state index contributed by atoms with van der Waals surface area (Å²) in [6.07, 6.45) is 0. The minimum Gasteiger partial charge on any atom is -0.497 e. The minimum atomic E-state index is -0.870. The van der Waals surface area contributed by atoms with Gasteiger partial charge < -0.3 is 24.9 Å². The van der Waals surface area contributed by atoms with Crippen LogP contribution in [0.15, 0.2) is 58.1 Å². The smallest absolute Gasteiger partial charge is 0.355 e. The van der Waals surface area contributed by atoms with E-state index in [4.69, 9.17) is 19.9 Å². The van der Waals surface area contributed by atoms with Crippen LogP contribution in [0.3, 0.4) is 0 Å². The summed E-state index contributed by atoms with van der Waals surface area (Å²) in [5.74, 6) is -0.968. The largest absolute Gasteiger partial charge is 0.497 e. The number of aromatic nitrogens is 3. The van der Waals surface area contributed by atoms with Crippen molar-refractivity contribution in [2.75, 3.05) is 26.6 Å². The van der Waals surface area contributed by atoms with Crippen LogP contribution in [0.5, 0.6) is 11.5 Å². The van der Waals surface area contributed by atoms with Gasteiger partial charge in [-0.2, -0.15) is 0 Å². The molecule has 4 aromatic rings. The number of nitrogen functional groups attached to an aromatic ring is 1. The Kier molecular flexibility index (Phi) is 6.64. The Bertz CT molecular complexity index is 1580. The van der Waals surface area contributed by atoms with Gasteiger partial charge in [-0.15, -0.1) is 0 Å². The van der Waals surface area contributed by atoms with Gasteiger partial charge in [-0.25, -0.2) is 9.59 Å². The number of benzene rings is 2. The third-order valence-corrected chi connectivity index (χ3v) is 5.72. The Morgan fingerprint density at radius 3 is 2.42 bits per heavy atom. The van der Waals surface area contributed by atoms with E-state index in [9.17, 15) is 19.2 Å². The van der Waals surface area contributed by atoms with Gasteiger partial charge in [0.2, 0.25) is 5.78 Å². The molecule has 0 aliphatic rings. The normalized spacial score (nSPS) is 10.9. The summed E-state index contributed by atoms with van der Waals surface area (Å²) >= 11 is 0. The van der Waals surface area contributed by atoms with Gasteiger partial charge in [0.25, 0.3) is 5.56 Å². The number of Topliss-reactive ketones (excluding diaryl/α,β-unsaturated/α-hetero) is 1. The van der Waals surface area contributed by atoms with Crippen molar-refractivity contribution < 1.29 is 23.8 Å². The van der Waals surface area contributed by atoms with E-state index in [1.807, 2.05) is 6.07 Å². The van der Waals surface area contributed by atoms with Crippen molar-refractivity contribution in [3.63, 3.8) is 0 Å². The second-order valence-corrected chi connectivity index (χ2v) is 7.95. The van der Waals surface area contributed by atoms with Crippen LogP contribution in [-0.2, 0) is 18.3 Å². The molecule has 0 atom stereocenters. The highest BCUT2D eigenvalue weighted by atomic mass is 16.5. The molecule has 2 heterocycles. The van der Waals surface area contributed by atoms with Crippen LogP contribution in [0.1, 0.15) is 26.4 Å². The lowest BCUT2D eigenvalue weighted by Gasteiger charge is -2.14. The Hall–Kier alpha value is -4.80. The summed E-state index contributed by atoms with van der Waals surface area (Å²) in [6, 6.07) is 13.9. The fraction of sp³-hybridized carbons (Fsp3) is 0.200. The fourth-order valence-corrected chi connectivity index (χ4v) is 3.82. The number of hydrogen-bond donors (Lipinski definition) is 2. The van der Waals surface area contributed by atoms with Crippen molar-refractivity contribution in [2.45, 2.75) is 6.54 Å². The van der Waals surface area contributed by atoms with Crippen LogP contribution in [0.4, 0.5) is 5.82 Å². The number of methoxy groups -OCH3 is 2. The molecule has 11 nitrogen and oxygen atoms in total. The molecule has 0 saturated carbocycles. The highest BCUT2D eigenvalue weighted by molar-refractivity contribution is 6.03. The number of ether oxygens (including phenoxy) is 3. The van der Waals surface area contributed by atoms with E-state index < -0.39 is 35.2 Å². The molecule has 0 amide bonds. The van der Waals surface area contributed by atoms with Gasteiger partial charge in [0.05, 0.1) is 26.3 Å². The molecule has 4 rings (SSSR count). The fourth-order valence-electron chi connectivity index (χ4n) is 3.82. The monoisotopic (exact) mass is 492 g/mol. The number of carbonyl (C=O) groups excluding carboxylic acids is 2. The number of rotatable bonds is 8. The molecular formula is C25H24N4O7. The zero-order valence-corrected chi connectivity index (χ0v) is 19.9.